The summed E-state index contributed by atoms with van der Waals surface area (Å²) in [6.45, 7) is 5.25. The van der Waals surface area contributed by atoms with Gasteiger partial charge < -0.3 is 9.47 Å². The van der Waals surface area contributed by atoms with Crippen LogP contribution in [0.5, 0.6) is 0 Å². The second-order valence-electron chi connectivity index (χ2n) is 4.09. The minimum Gasteiger partial charge on any atom is -0.379 e. The van der Waals surface area contributed by atoms with Crippen molar-refractivity contribution in [1.82, 2.24) is 0 Å². The van der Waals surface area contributed by atoms with E-state index in [1.165, 1.54) is 18.4 Å². The molecule has 0 heterocycles. The highest BCUT2D eigenvalue weighted by molar-refractivity contribution is 5.13. The summed E-state index contributed by atoms with van der Waals surface area (Å²) in [5.74, 6) is 0. The monoisotopic (exact) mass is 235 g/mol. The van der Waals surface area contributed by atoms with E-state index in [9.17, 15) is 0 Å². The minimum atomic E-state index is 0.699. The van der Waals surface area contributed by atoms with E-state index < -0.39 is 0 Å². The summed E-state index contributed by atoms with van der Waals surface area (Å²) in [5.41, 5.74) is 1.30. The molecule has 0 aliphatic heterocycles. The van der Waals surface area contributed by atoms with E-state index in [0.29, 0.717) is 13.2 Å². The topological polar surface area (TPSA) is 18.5 Å². The molecule has 0 N–H and O–H groups in total. The largest absolute Gasteiger partial charge is 0.379 e. The van der Waals surface area contributed by atoms with Crippen molar-refractivity contribution >= 4 is 0 Å². The quantitative estimate of drug-likeness (QED) is 0.580. The Bertz CT molecular complexity index is 259. The summed E-state index contributed by atoms with van der Waals surface area (Å²) < 4.78 is 11.0. The van der Waals surface area contributed by atoms with Crippen molar-refractivity contribution in [2.45, 2.75) is 32.6 Å². The Kier molecular flexibility index (Phi) is 8.61. The summed E-state index contributed by atoms with van der Waals surface area (Å²) in [6.07, 6.45) is 4.63. The van der Waals surface area contributed by atoms with E-state index in [2.05, 4.69) is 25.1 Å². The maximum Gasteiger partial charge on any atom is 0.0700 e. The van der Waals surface area contributed by atoms with Crippen LogP contribution in [-0.2, 0) is 15.9 Å². The molecule has 2 nitrogen and oxygen atoms in total. The lowest BCUT2D eigenvalue weighted by atomic mass is 10.2. The van der Waals surface area contributed by atoms with Gasteiger partial charge >= 0.3 is 0 Å². The molecule has 1 rings (SSSR count). The summed E-state index contributed by atoms with van der Waals surface area (Å²) >= 11 is 0. The molecule has 1 radical (unpaired) electrons. The van der Waals surface area contributed by atoms with Gasteiger partial charge in [0.05, 0.1) is 19.8 Å². The van der Waals surface area contributed by atoms with E-state index >= 15 is 0 Å². The van der Waals surface area contributed by atoms with E-state index in [1.54, 1.807) is 0 Å². The lowest BCUT2D eigenvalue weighted by Crippen LogP contribution is -2.07. The molecule has 17 heavy (non-hydrogen) atoms. The second kappa shape index (κ2) is 10.3. The smallest absolute Gasteiger partial charge is 0.0700 e. The van der Waals surface area contributed by atoms with Gasteiger partial charge in [0.15, 0.2) is 0 Å². The van der Waals surface area contributed by atoms with Crippen LogP contribution < -0.4 is 0 Å². The molecule has 0 atom stereocenters. The molecule has 0 bridgehead atoms. The van der Waals surface area contributed by atoms with Crippen molar-refractivity contribution in [2.24, 2.45) is 0 Å². The fraction of sp³-hybridized carbons (Fsp3) is 0.600. The Labute approximate surface area is 105 Å². The Hall–Kier alpha value is -0.860. The molecule has 95 valence electrons. The normalized spacial score (nSPS) is 10.6. The summed E-state index contributed by atoms with van der Waals surface area (Å²) in [6, 6.07) is 11.0. The van der Waals surface area contributed by atoms with Crippen LogP contribution in [0.4, 0.5) is 0 Å². The first-order valence-corrected chi connectivity index (χ1v) is 6.54. The molecule has 1 aromatic rings. The fourth-order valence-corrected chi connectivity index (χ4v) is 1.55. The van der Waals surface area contributed by atoms with Gasteiger partial charge in [-0.15, -0.1) is 0 Å². The summed E-state index contributed by atoms with van der Waals surface area (Å²) in [7, 11) is 0. The van der Waals surface area contributed by atoms with Crippen LogP contribution in [0.1, 0.15) is 31.7 Å². The fourth-order valence-electron chi connectivity index (χ4n) is 1.55. The molecular weight excluding hydrogens is 212 g/mol. The maximum absolute atomic E-state index is 5.51. The Morgan fingerprint density at radius 2 is 1.65 bits per heavy atom. The number of hydrogen-bond donors (Lipinski definition) is 0. The predicted octanol–water partition coefficient (Wildman–Crippen LogP) is 3.25. The van der Waals surface area contributed by atoms with Crippen molar-refractivity contribution in [3.8, 4) is 0 Å². The van der Waals surface area contributed by atoms with E-state index in [4.69, 9.17) is 9.47 Å². The third kappa shape index (κ3) is 7.94. The molecule has 2 heteroatoms. The van der Waals surface area contributed by atoms with Gasteiger partial charge in [-0.25, -0.2) is 0 Å². The molecule has 0 aliphatic rings. The first-order chi connectivity index (χ1) is 8.43. The van der Waals surface area contributed by atoms with Crippen LogP contribution >= 0.6 is 0 Å². The van der Waals surface area contributed by atoms with E-state index in [-0.39, 0.29) is 0 Å². The number of unbranched alkanes of at least 4 members (excludes halogenated alkanes) is 2. The standard InChI is InChI=1S/C15H23O2/c1-2-3-7-11-16-13-14-17-12-10-15-8-5-4-6-9-15/h5-6,8-9H,2-3,7,10-14H2,1H3. The molecule has 0 saturated carbocycles. The average Bonchev–Trinajstić information content (AvgIpc) is 2.38. The molecule has 0 fully saturated rings. The Balaban J connectivity index is 1.85. The van der Waals surface area contributed by atoms with Gasteiger partial charge in [0.2, 0.25) is 0 Å². The van der Waals surface area contributed by atoms with Gasteiger partial charge in [-0.1, -0.05) is 44.0 Å². The lowest BCUT2D eigenvalue weighted by Gasteiger charge is -2.05. The van der Waals surface area contributed by atoms with Gasteiger partial charge in [0, 0.05) is 6.61 Å². The van der Waals surface area contributed by atoms with E-state index in [0.717, 1.165) is 26.1 Å². The average molecular weight is 235 g/mol. The van der Waals surface area contributed by atoms with Gasteiger partial charge in [-0.2, -0.15) is 0 Å². The first kappa shape index (κ1) is 14.2. The Morgan fingerprint density at radius 3 is 2.35 bits per heavy atom. The molecule has 0 amide bonds. The van der Waals surface area contributed by atoms with Crippen molar-refractivity contribution in [2.75, 3.05) is 26.4 Å². The molecular formula is C15H23O2. The van der Waals surface area contributed by atoms with Crippen LogP contribution in [0.2, 0.25) is 0 Å². The van der Waals surface area contributed by atoms with Gasteiger partial charge in [-0.05, 0) is 24.5 Å². The van der Waals surface area contributed by atoms with Crippen LogP contribution in [-0.4, -0.2) is 26.4 Å². The molecule has 1 aromatic carbocycles. The number of benzene rings is 1. The van der Waals surface area contributed by atoms with Gasteiger partial charge in [0.1, 0.15) is 0 Å². The zero-order valence-electron chi connectivity index (χ0n) is 10.8. The molecule has 0 spiro atoms. The maximum atomic E-state index is 5.51. The van der Waals surface area contributed by atoms with E-state index in [1.807, 2.05) is 12.1 Å². The van der Waals surface area contributed by atoms with Crippen molar-refractivity contribution in [1.29, 1.82) is 0 Å². The van der Waals surface area contributed by atoms with Crippen molar-refractivity contribution in [3.63, 3.8) is 0 Å². The van der Waals surface area contributed by atoms with Crippen LogP contribution in [0, 0.1) is 6.07 Å². The molecule has 0 aromatic heterocycles. The highest BCUT2D eigenvalue weighted by atomic mass is 16.5. The predicted molar refractivity (Wildman–Crippen MR) is 70.1 cm³/mol. The van der Waals surface area contributed by atoms with Gasteiger partial charge in [0.25, 0.3) is 0 Å². The third-order valence-electron chi connectivity index (χ3n) is 2.59. The van der Waals surface area contributed by atoms with Crippen molar-refractivity contribution < 1.29 is 9.47 Å². The Morgan fingerprint density at radius 1 is 0.941 bits per heavy atom. The van der Waals surface area contributed by atoms with Crippen LogP contribution in [0.25, 0.3) is 0 Å². The molecule has 0 saturated heterocycles. The number of hydrogen-bond acceptors (Lipinski definition) is 2. The van der Waals surface area contributed by atoms with Crippen LogP contribution in [0.15, 0.2) is 24.3 Å². The number of ether oxygens (including phenoxy) is 2. The zero-order valence-corrected chi connectivity index (χ0v) is 10.8. The van der Waals surface area contributed by atoms with Gasteiger partial charge in [-0.3, -0.25) is 0 Å². The zero-order chi connectivity index (χ0) is 12.2. The van der Waals surface area contributed by atoms with Crippen LogP contribution in [0.3, 0.4) is 0 Å². The highest BCUT2D eigenvalue weighted by Crippen LogP contribution is 1.99. The molecule has 0 unspecified atom stereocenters. The second-order valence-corrected chi connectivity index (χ2v) is 4.09. The molecule has 0 aliphatic carbocycles. The minimum absolute atomic E-state index is 0.699. The lowest BCUT2D eigenvalue weighted by molar-refractivity contribution is 0.0475. The first-order valence-electron chi connectivity index (χ1n) is 6.54. The van der Waals surface area contributed by atoms with Crippen molar-refractivity contribution in [3.05, 3.63) is 35.9 Å². The summed E-state index contributed by atoms with van der Waals surface area (Å²) in [4.78, 5) is 0. The SMILES string of the molecule is CCCCCOCCOCCc1cc[c]cc1. The third-order valence-corrected chi connectivity index (χ3v) is 2.59. The summed E-state index contributed by atoms with van der Waals surface area (Å²) in [5, 5.41) is 0. The highest BCUT2D eigenvalue weighted by Gasteiger charge is 1.93. The number of rotatable bonds is 10.